The van der Waals surface area contributed by atoms with E-state index in [1.807, 2.05) is 27.2 Å². The summed E-state index contributed by atoms with van der Waals surface area (Å²) in [6.45, 7) is 21.4. The van der Waals surface area contributed by atoms with E-state index in [0.717, 1.165) is 0 Å². The van der Waals surface area contributed by atoms with Gasteiger partial charge in [0.05, 0.1) is 0 Å². The van der Waals surface area contributed by atoms with Gasteiger partial charge in [-0.1, -0.05) is 50.6 Å². The third-order valence-corrected chi connectivity index (χ3v) is 0.333. The Kier molecular flexibility index (Phi) is 1430. The zero-order valence-corrected chi connectivity index (χ0v) is 11.0. The summed E-state index contributed by atoms with van der Waals surface area (Å²) < 4.78 is 0. The van der Waals surface area contributed by atoms with Crippen LogP contribution in [-0.4, -0.2) is 27.2 Å². The van der Waals surface area contributed by atoms with Gasteiger partial charge in [-0.2, -0.15) is 0 Å². The summed E-state index contributed by atoms with van der Waals surface area (Å²) in [5.74, 6) is 0. The van der Waals surface area contributed by atoms with Crippen molar-refractivity contribution in [1.29, 1.82) is 0 Å². The van der Waals surface area contributed by atoms with Crippen LogP contribution in [0.3, 0.4) is 0 Å². The predicted molar refractivity (Wildman–Crippen MR) is 69.3 cm³/mol. The molecule has 0 saturated heterocycles. The molecule has 0 aliphatic carbocycles. The number of hydrogen-bond donors (Lipinski definition) is 0. The molecular formula is C12H20CoO4. The van der Waals surface area contributed by atoms with Gasteiger partial charge in [0.1, 0.15) is 27.2 Å². The number of carbonyl (C=O) groups is 4. The average molecular weight is 287 g/mol. The summed E-state index contributed by atoms with van der Waals surface area (Å²) in [6, 6.07) is 0. The fourth-order valence-corrected chi connectivity index (χ4v) is 0. The molecule has 0 aliphatic rings. The van der Waals surface area contributed by atoms with Crippen LogP contribution in [0, 0.1) is 0 Å². The maximum atomic E-state index is 8.00. The summed E-state index contributed by atoms with van der Waals surface area (Å²) in [6.07, 6.45) is 6.56. The fourth-order valence-electron chi connectivity index (χ4n) is 0. The molecule has 0 fully saturated rings. The molecule has 101 valence electrons. The van der Waals surface area contributed by atoms with Crippen molar-refractivity contribution in [2.24, 2.45) is 0 Å². The van der Waals surface area contributed by atoms with Crippen LogP contribution in [0.25, 0.3) is 0 Å². The third-order valence-electron chi connectivity index (χ3n) is 0.333. The van der Waals surface area contributed by atoms with Crippen LogP contribution in [0.4, 0.5) is 0 Å². The van der Waals surface area contributed by atoms with E-state index in [1.165, 1.54) is 0 Å². The van der Waals surface area contributed by atoms with E-state index in [0.29, 0.717) is 0 Å². The first-order valence-electron chi connectivity index (χ1n) is 3.45. The molecule has 1 radical (unpaired) electrons. The molecule has 0 amide bonds. The average Bonchev–Trinajstić information content (AvgIpc) is 2.47. The standard InChI is InChI=1S/2C4H6.4CH2O.Co/c2*1-3-4-2;4*1-2;/h2*3-4H,1-2H2;4*1H2;. The molecule has 0 aromatic heterocycles. The van der Waals surface area contributed by atoms with Crippen LogP contribution in [0.2, 0.25) is 0 Å². The molecule has 0 atom stereocenters. The maximum Gasteiger partial charge on any atom is 0.106 e. The van der Waals surface area contributed by atoms with E-state index in [-0.39, 0.29) is 16.8 Å². The molecule has 0 bridgehead atoms. The maximum absolute atomic E-state index is 8.00. The summed E-state index contributed by atoms with van der Waals surface area (Å²) >= 11 is 0. The largest absolute Gasteiger partial charge is 0.307 e. The number of carbonyl (C=O) groups excluding carboxylic acids is 4. The first-order chi connectivity index (χ1) is 7.83. The second kappa shape index (κ2) is 531. The second-order valence-corrected chi connectivity index (χ2v) is 0.943. The first kappa shape index (κ1) is 45.7. The molecule has 17 heavy (non-hydrogen) atoms. The number of hydrogen-bond acceptors (Lipinski definition) is 4. The van der Waals surface area contributed by atoms with Crippen LogP contribution in [-0.2, 0) is 36.0 Å². The molecule has 0 saturated carbocycles. The van der Waals surface area contributed by atoms with E-state index < -0.39 is 0 Å². The Morgan fingerprint density at radius 1 is 0.412 bits per heavy atom. The summed E-state index contributed by atoms with van der Waals surface area (Å²) in [5, 5.41) is 0. The van der Waals surface area contributed by atoms with Gasteiger partial charge in [-0.25, -0.2) is 0 Å². The second-order valence-electron chi connectivity index (χ2n) is 0.943. The molecular weight excluding hydrogens is 267 g/mol. The van der Waals surface area contributed by atoms with Gasteiger partial charge >= 0.3 is 0 Å². The van der Waals surface area contributed by atoms with Gasteiger partial charge < -0.3 is 19.2 Å². The van der Waals surface area contributed by atoms with Gasteiger partial charge in [0.25, 0.3) is 0 Å². The van der Waals surface area contributed by atoms with Gasteiger partial charge in [-0.15, -0.1) is 0 Å². The van der Waals surface area contributed by atoms with E-state index >= 15 is 0 Å². The SMILES string of the molecule is C=CC=C.C=CC=C.C=O.C=O.C=O.C=O.[Co]. The van der Waals surface area contributed by atoms with Gasteiger partial charge in [0, 0.05) is 16.8 Å². The van der Waals surface area contributed by atoms with Gasteiger partial charge in [-0.3, -0.25) is 0 Å². The topological polar surface area (TPSA) is 68.3 Å². The Morgan fingerprint density at radius 3 is 0.471 bits per heavy atom. The van der Waals surface area contributed by atoms with E-state index in [4.69, 9.17) is 19.2 Å². The molecule has 4 nitrogen and oxygen atoms in total. The molecule has 0 heterocycles. The quantitative estimate of drug-likeness (QED) is 0.728. The molecule has 0 spiro atoms. The van der Waals surface area contributed by atoms with Crippen LogP contribution >= 0.6 is 0 Å². The summed E-state index contributed by atoms with van der Waals surface area (Å²) in [5.41, 5.74) is 0. The molecule has 5 heteroatoms. The molecule has 0 aromatic carbocycles. The van der Waals surface area contributed by atoms with Crippen molar-refractivity contribution in [2.75, 3.05) is 0 Å². The zero-order valence-electron chi connectivity index (χ0n) is 9.93. The minimum Gasteiger partial charge on any atom is -0.307 e. The molecule has 0 aromatic rings. The molecule has 0 N–H and O–H groups in total. The van der Waals surface area contributed by atoms with Crippen molar-refractivity contribution in [1.82, 2.24) is 0 Å². The number of allylic oxidation sites excluding steroid dienone is 4. The van der Waals surface area contributed by atoms with Gasteiger partial charge in [0.15, 0.2) is 0 Å². The van der Waals surface area contributed by atoms with Crippen molar-refractivity contribution in [3.8, 4) is 0 Å². The number of rotatable bonds is 2. The van der Waals surface area contributed by atoms with E-state index in [2.05, 4.69) is 26.3 Å². The molecule has 0 rings (SSSR count). The Labute approximate surface area is 114 Å². The Morgan fingerprint density at radius 2 is 0.471 bits per heavy atom. The van der Waals surface area contributed by atoms with Crippen molar-refractivity contribution in [3.05, 3.63) is 50.6 Å². The first-order valence-corrected chi connectivity index (χ1v) is 3.45. The van der Waals surface area contributed by atoms with Crippen molar-refractivity contribution in [2.45, 2.75) is 0 Å². The van der Waals surface area contributed by atoms with Crippen molar-refractivity contribution in [3.63, 3.8) is 0 Å². The van der Waals surface area contributed by atoms with Gasteiger partial charge in [-0.05, 0) is 0 Å². The summed E-state index contributed by atoms with van der Waals surface area (Å²) in [7, 11) is 0. The third kappa shape index (κ3) is 97300. The van der Waals surface area contributed by atoms with Crippen LogP contribution in [0.5, 0.6) is 0 Å². The van der Waals surface area contributed by atoms with Crippen molar-refractivity contribution < 1.29 is 36.0 Å². The predicted octanol–water partition coefficient (Wildman–Crippen LogP) is 1.97. The zero-order chi connectivity index (χ0) is 14.8. The normalized spacial score (nSPS) is 3.29. The smallest absolute Gasteiger partial charge is 0.106 e. The van der Waals surface area contributed by atoms with Crippen molar-refractivity contribution >= 4 is 27.2 Å². The minimum absolute atomic E-state index is 0. The van der Waals surface area contributed by atoms with Crippen LogP contribution in [0.1, 0.15) is 0 Å². The Balaban J connectivity index is -0.0000000146. The Hall–Kier alpha value is -1.85. The molecule has 0 aliphatic heterocycles. The minimum atomic E-state index is 0. The summed E-state index contributed by atoms with van der Waals surface area (Å²) in [4.78, 5) is 32.0. The van der Waals surface area contributed by atoms with E-state index in [9.17, 15) is 0 Å². The van der Waals surface area contributed by atoms with Crippen LogP contribution < -0.4 is 0 Å². The Bertz CT molecular complexity index is 106. The van der Waals surface area contributed by atoms with E-state index in [1.54, 1.807) is 24.3 Å². The van der Waals surface area contributed by atoms with Crippen LogP contribution in [0.15, 0.2) is 50.6 Å². The monoisotopic (exact) mass is 287 g/mol. The van der Waals surface area contributed by atoms with Gasteiger partial charge in [0.2, 0.25) is 0 Å². The fraction of sp³-hybridized carbons (Fsp3) is 0. The molecule has 0 unspecified atom stereocenters.